The first kappa shape index (κ1) is 13.7. The number of para-hydroxylation sites is 1. The van der Waals surface area contributed by atoms with Gasteiger partial charge >= 0.3 is 0 Å². The van der Waals surface area contributed by atoms with Gasteiger partial charge in [0.1, 0.15) is 6.04 Å². The Labute approximate surface area is 112 Å². The summed E-state index contributed by atoms with van der Waals surface area (Å²) in [5.74, 6) is -0.420. The monoisotopic (exact) mass is 262 g/mol. The zero-order chi connectivity index (χ0) is 13.7. The van der Waals surface area contributed by atoms with Crippen LogP contribution in [-0.4, -0.2) is 48.9 Å². The van der Waals surface area contributed by atoms with Crippen molar-refractivity contribution in [3.8, 4) is 0 Å². The molecule has 1 aromatic carbocycles. The van der Waals surface area contributed by atoms with Crippen LogP contribution in [0.1, 0.15) is 6.92 Å². The van der Waals surface area contributed by atoms with Crippen LogP contribution in [0.25, 0.3) is 0 Å². The van der Waals surface area contributed by atoms with E-state index in [1.165, 1.54) is 6.92 Å². The first-order chi connectivity index (χ1) is 9.18. The molecule has 1 fully saturated rings. The highest BCUT2D eigenvalue weighted by molar-refractivity contribution is 6.10. The van der Waals surface area contributed by atoms with Crippen LogP contribution in [0.3, 0.4) is 0 Å². The number of ether oxygens (including phenoxy) is 1. The SMILES string of the molecule is CC(=O)C(C(=O)Nc1ccccc1)N1CCOCC1. The van der Waals surface area contributed by atoms with Crippen molar-refractivity contribution in [1.29, 1.82) is 0 Å². The summed E-state index contributed by atoms with van der Waals surface area (Å²) >= 11 is 0. The molecule has 0 radical (unpaired) electrons. The van der Waals surface area contributed by atoms with E-state index in [4.69, 9.17) is 4.74 Å². The molecule has 0 bridgehead atoms. The second-order valence-electron chi connectivity index (χ2n) is 4.52. The van der Waals surface area contributed by atoms with Gasteiger partial charge in [-0.25, -0.2) is 0 Å². The Morgan fingerprint density at radius 3 is 2.42 bits per heavy atom. The van der Waals surface area contributed by atoms with Crippen molar-refractivity contribution >= 4 is 17.4 Å². The first-order valence-corrected chi connectivity index (χ1v) is 6.36. The fraction of sp³-hybridized carbons (Fsp3) is 0.429. The molecule has 1 heterocycles. The normalized spacial score (nSPS) is 17.7. The van der Waals surface area contributed by atoms with Gasteiger partial charge < -0.3 is 10.1 Å². The molecule has 0 saturated carbocycles. The zero-order valence-electron chi connectivity index (χ0n) is 11.0. The van der Waals surface area contributed by atoms with Crippen molar-refractivity contribution in [2.24, 2.45) is 0 Å². The summed E-state index contributed by atoms with van der Waals surface area (Å²) in [6, 6.07) is 8.42. The van der Waals surface area contributed by atoms with Crippen LogP contribution in [0.2, 0.25) is 0 Å². The lowest BCUT2D eigenvalue weighted by Crippen LogP contribution is -2.52. The zero-order valence-corrected chi connectivity index (χ0v) is 11.0. The van der Waals surface area contributed by atoms with E-state index in [0.29, 0.717) is 32.0 Å². The number of morpholine rings is 1. The maximum absolute atomic E-state index is 12.2. The Kier molecular flexibility index (Phi) is 4.65. The second-order valence-corrected chi connectivity index (χ2v) is 4.52. The maximum atomic E-state index is 12.2. The summed E-state index contributed by atoms with van der Waals surface area (Å²) in [5, 5.41) is 2.78. The Bertz CT molecular complexity index is 441. The van der Waals surface area contributed by atoms with Gasteiger partial charge in [-0.3, -0.25) is 14.5 Å². The van der Waals surface area contributed by atoms with Crippen molar-refractivity contribution in [3.63, 3.8) is 0 Å². The highest BCUT2D eigenvalue weighted by Crippen LogP contribution is 2.10. The lowest BCUT2D eigenvalue weighted by atomic mass is 10.1. The quantitative estimate of drug-likeness (QED) is 0.820. The summed E-state index contributed by atoms with van der Waals surface area (Å²) in [4.78, 5) is 25.8. The average molecular weight is 262 g/mol. The topological polar surface area (TPSA) is 58.6 Å². The highest BCUT2D eigenvalue weighted by Gasteiger charge is 2.31. The number of hydrogen-bond acceptors (Lipinski definition) is 4. The number of hydrogen-bond donors (Lipinski definition) is 1. The van der Waals surface area contributed by atoms with Gasteiger partial charge in [-0.2, -0.15) is 0 Å². The van der Waals surface area contributed by atoms with Crippen molar-refractivity contribution in [2.75, 3.05) is 31.6 Å². The summed E-state index contributed by atoms with van der Waals surface area (Å²) in [6.07, 6.45) is 0. The van der Waals surface area contributed by atoms with E-state index >= 15 is 0 Å². The molecule has 1 N–H and O–H groups in total. The molecule has 0 aromatic heterocycles. The summed E-state index contributed by atoms with van der Waals surface area (Å²) < 4.78 is 5.24. The third-order valence-electron chi connectivity index (χ3n) is 3.09. The number of carbonyl (C=O) groups excluding carboxylic acids is 2. The van der Waals surface area contributed by atoms with Crippen molar-refractivity contribution in [2.45, 2.75) is 13.0 Å². The minimum Gasteiger partial charge on any atom is -0.379 e. The molecule has 19 heavy (non-hydrogen) atoms. The number of nitrogens with zero attached hydrogens (tertiary/aromatic N) is 1. The van der Waals surface area contributed by atoms with Gasteiger partial charge in [0.25, 0.3) is 0 Å². The number of anilines is 1. The number of ketones is 1. The molecule has 5 nitrogen and oxygen atoms in total. The van der Waals surface area contributed by atoms with Gasteiger partial charge in [0.15, 0.2) is 5.78 Å². The van der Waals surface area contributed by atoms with Gasteiger partial charge in [-0.05, 0) is 19.1 Å². The van der Waals surface area contributed by atoms with E-state index in [9.17, 15) is 9.59 Å². The molecule has 0 spiro atoms. The predicted octanol–water partition coefficient (Wildman–Crippen LogP) is 0.915. The Balaban J connectivity index is 2.06. The molecule has 102 valence electrons. The molecule has 1 aliphatic heterocycles. The van der Waals surface area contributed by atoms with Gasteiger partial charge in [-0.1, -0.05) is 18.2 Å². The lowest BCUT2D eigenvalue weighted by molar-refractivity contribution is -0.133. The second kappa shape index (κ2) is 6.45. The van der Waals surface area contributed by atoms with E-state index in [1.807, 2.05) is 23.1 Å². The van der Waals surface area contributed by atoms with E-state index in [2.05, 4.69) is 5.32 Å². The molecule has 1 amide bonds. The van der Waals surface area contributed by atoms with Crippen molar-refractivity contribution in [3.05, 3.63) is 30.3 Å². The predicted molar refractivity (Wildman–Crippen MR) is 71.9 cm³/mol. The minimum atomic E-state index is -0.732. The third kappa shape index (κ3) is 3.62. The summed E-state index contributed by atoms with van der Waals surface area (Å²) in [7, 11) is 0. The van der Waals surface area contributed by atoms with Crippen LogP contribution in [0.4, 0.5) is 5.69 Å². The molecule has 1 atom stereocenters. The molecule has 1 aliphatic rings. The van der Waals surface area contributed by atoms with E-state index in [-0.39, 0.29) is 11.7 Å². The molecule has 1 unspecified atom stereocenters. The average Bonchev–Trinajstić information content (AvgIpc) is 2.40. The molecule has 1 aromatic rings. The number of Topliss-reactive ketones (excluding diaryl/α,β-unsaturated/α-hetero) is 1. The van der Waals surface area contributed by atoms with E-state index in [1.54, 1.807) is 12.1 Å². The Hall–Kier alpha value is -1.72. The smallest absolute Gasteiger partial charge is 0.249 e. The van der Waals surface area contributed by atoms with Crippen LogP contribution in [0, 0.1) is 0 Å². The molecular formula is C14H18N2O3. The largest absolute Gasteiger partial charge is 0.379 e. The van der Waals surface area contributed by atoms with Gasteiger partial charge in [0, 0.05) is 18.8 Å². The Morgan fingerprint density at radius 2 is 1.84 bits per heavy atom. The molecule has 0 aliphatic carbocycles. The number of carbonyl (C=O) groups is 2. The standard InChI is InChI=1S/C14H18N2O3/c1-11(17)13(16-7-9-19-10-8-16)14(18)15-12-5-3-2-4-6-12/h2-6,13H,7-10H2,1H3,(H,15,18). The van der Waals surface area contributed by atoms with Crippen LogP contribution in [0.15, 0.2) is 30.3 Å². The highest BCUT2D eigenvalue weighted by atomic mass is 16.5. The Morgan fingerprint density at radius 1 is 1.21 bits per heavy atom. The van der Waals surface area contributed by atoms with Gasteiger partial charge in [0.05, 0.1) is 13.2 Å². The van der Waals surface area contributed by atoms with Gasteiger partial charge in [0.2, 0.25) is 5.91 Å². The minimum absolute atomic E-state index is 0.143. The molecular weight excluding hydrogens is 244 g/mol. The lowest BCUT2D eigenvalue weighted by Gasteiger charge is -2.31. The van der Waals surface area contributed by atoms with Crippen LogP contribution >= 0.6 is 0 Å². The number of rotatable bonds is 4. The van der Waals surface area contributed by atoms with E-state index in [0.717, 1.165) is 0 Å². The summed E-state index contributed by atoms with van der Waals surface area (Å²) in [6.45, 7) is 3.77. The number of benzene rings is 1. The molecule has 5 heteroatoms. The fourth-order valence-electron chi connectivity index (χ4n) is 2.18. The number of amides is 1. The first-order valence-electron chi connectivity index (χ1n) is 6.36. The molecule has 1 saturated heterocycles. The van der Waals surface area contributed by atoms with Crippen LogP contribution < -0.4 is 5.32 Å². The van der Waals surface area contributed by atoms with Gasteiger partial charge in [-0.15, -0.1) is 0 Å². The maximum Gasteiger partial charge on any atom is 0.249 e. The van der Waals surface area contributed by atoms with Crippen LogP contribution in [0.5, 0.6) is 0 Å². The fourth-order valence-corrected chi connectivity index (χ4v) is 2.18. The van der Waals surface area contributed by atoms with Crippen molar-refractivity contribution < 1.29 is 14.3 Å². The van der Waals surface area contributed by atoms with Crippen molar-refractivity contribution in [1.82, 2.24) is 4.90 Å². The third-order valence-corrected chi connectivity index (χ3v) is 3.09. The number of nitrogens with one attached hydrogen (secondary N) is 1. The summed E-state index contributed by atoms with van der Waals surface area (Å²) in [5.41, 5.74) is 0.701. The van der Waals surface area contributed by atoms with Crippen LogP contribution in [-0.2, 0) is 14.3 Å². The molecule has 2 rings (SSSR count). The van der Waals surface area contributed by atoms with E-state index < -0.39 is 6.04 Å².